The Balaban J connectivity index is 1.17. The standard InChI is InChI=1S/C47H33N5/c1-5-16-34(17-6-1)41-31-42(35-18-7-2-8-19-35)49-44(48-41)38-27-25-33(26-28-38)40-30-29-32-15-13-14-24-39(32)43(40)47-51-45(36-20-9-3-10-21-36)50-46(52-47)37-22-11-4-12-23-37/h1-31,47H,(H,50,51,52). The number of amidine groups is 2. The first-order valence-corrected chi connectivity index (χ1v) is 17.4. The SMILES string of the molecule is c1ccc(C2=NC(c3c(-c4ccc(-c5nc(-c6ccccc6)cc(-c6ccccc6)n5)cc4)ccc4ccccc34)N=C(c3ccccc3)N2)cc1. The summed E-state index contributed by atoms with van der Waals surface area (Å²) in [7, 11) is 0. The lowest BCUT2D eigenvalue weighted by molar-refractivity contribution is 0.764. The van der Waals surface area contributed by atoms with Crippen molar-refractivity contribution >= 4 is 22.4 Å². The molecule has 0 spiro atoms. The van der Waals surface area contributed by atoms with Crippen LogP contribution in [-0.4, -0.2) is 21.6 Å². The second kappa shape index (κ2) is 13.7. The van der Waals surface area contributed by atoms with Crippen LogP contribution in [0.2, 0.25) is 0 Å². The number of nitrogens with one attached hydrogen (secondary N) is 1. The molecule has 1 N–H and O–H groups in total. The van der Waals surface area contributed by atoms with Crippen molar-refractivity contribution in [3.8, 4) is 45.0 Å². The van der Waals surface area contributed by atoms with Crippen molar-refractivity contribution in [2.75, 3.05) is 0 Å². The number of rotatable bonds is 7. The summed E-state index contributed by atoms with van der Waals surface area (Å²) in [5.41, 5.74) is 10.0. The Morgan fingerprint density at radius 1 is 0.385 bits per heavy atom. The van der Waals surface area contributed by atoms with Crippen LogP contribution in [0.5, 0.6) is 0 Å². The van der Waals surface area contributed by atoms with Crippen molar-refractivity contribution in [3.05, 3.63) is 205 Å². The van der Waals surface area contributed by atoms with Gasteiger partial charge in [0, 0.05) is 33.4 Å². The summed E-state index contributed by atoms with van der Waals surface area (Å²) in [6.45, 7) is 0. The molecule has 5 nitrogen and oxygen atoms in total. The quantitative estimate of drug-likeness (QED) is 0.184. The first-order valence-electron chi connectivity index (χ1n) is 17.4. The molecular weight excluding hydrogens is 635 g/mol. The number of fused-ring (bicyclic) bond motifs is 1. The largest absolute Gasteiger partial charge is 0.324 e. The summed E-state index contributed by atoms with van der Waals surface area (Å²) in [5.74, 6) is 2.26. The minimum Gasteiger partial charge on any atom is -0.324 e. The van der Waals surface area contributed by atoms with E-state index in [0.717, 1.165) is 78.3 Å². The Kier molecular flexibility index (Phi) is 8.20. The molecule has 0 unspecified atom stereocenters. The van der Waals surface area contributed by atoms with E-state index in [0.29, 0.717) is 5.82 Å². The van der Waals surface area contributed by atoms with Crippen LogP contribution in [0.1, 0.15) is 22.9 Å². The van der Waals surface area contributed by atoms with E-state index in [4.69, 9.17) is 20.0 Å². The number of hydrogen-bond acceptors (Lipinski definition) is 5. The molecule has 0 amide bonds. The zero-order valence-electron chi connectivity index (χ0n) is 28.3. The normalized spacial score (nSPS) is 12.9. The summed E-state index contributed by atoms with van der Waals surface area (Å²) in [5, 5.41) is 5.80. The van der Waals surface area contributed by atoms with Crippen molar-refractivity contribution < 1.29 is 0 Å². The highest BCUT2D eigenvalue weighted by Gasteiger charge is 2.25. The van der Waals surface area contributed by atoms with Crippen molar-refractivity contribution in [1.82, 2.24) is 15.3 Å². The van der Waals surface area contributed by atoms with Crippen LogP contribution in [-0.2, 0) is 0 Å². The lowest BCUT2D eigenvalue weighted by Gasteiger charge is -2.25. The average molecular weight is 668 g/mol. The Labute approximate surface area is 302 Å². The number of nitrogens with zero attached hydrogens (tertiary/aromatic N) is 4. The van der Waals surface area contributed by atoms with Crippen LogP contribution < -0.4 is 5.32 Å². The Bertz CT molecular complexity index is 2450. The van der Waals surface area contributed by atoms with Gasteiger partial charge in [-0.1, -0.05) is 182 Å². The number of aromatic nitrogens is 2. The second-order valence-electron chi connectivity index (χ2n) is 12.7. The first-order chi connectivity index (χ1) is 25.8. The van der Waals surface area contributed by atoms with Gasteiger partial charge in [0.1, 0.15) is 11.7 Å². The van der Waals surface area contributed by atoms with E-state index in [1.165, 1.54) is 0 Å². The van der Waals surface area contributed by atoms with E-state index in [2.05, 4.69) is 121 Å². The molecule has 2 heterocycles. The molecule has 0 saturated heterocycles. The van der Waals surface area contributed by atoms with Crippen molar-refractivity contribution in [1.29, 1.82) is 0 Å². The fourth-order valence-electron chi connectivity index (χ4n) is 6.78. The molecule has 0 saturated carbocycles. The molecule has 52 heavy (non-hydrogen) atoms. The third kappa shape index (κ3) is 6.16. The fraction of sp³-hybridized carbons (Fsp3) is 0.0213. The zero-order valence-corrected chi connectivity index (χ0v) is 28.3. The van der Waals surface area contributed by atoms with Crippen molar-refractivity contribution in [2.24, 2.45) is 9.98 Å². The van der Waals surface area contributed by atoms with Crippen LogP contribution in [0.25, 0.3) is 55.8 Å². The summed E-state index contributed by atoms with van der Waals surface area (Å²) in [4.78, 5) is 20.7. The molecule has 0 fully saturated rings. The van der Waals surface area contributed by atoms with Crippen molar-refractivity contribution in [3.63, 3.8) is 0 Å². The molecular formula is C47H33N5. The van der Waals surface area contributed by atoms with Gasteiger partial charge in [0.15, 0.2) is 12.0 Å². The summed E-state index contributed by atoms with van der Waals surface area (Å²) >= 11 is 0. The predicted molar refractivity (Wildman–Crippen MR) is 213 cm³/mol. The molecule has 8 aromatic rings. The molecule has 1 aromatic heterocycles. The summed E-state index contributed by atoms with van der Waals surface area (Å²) < 4.78 is 0. The van der Waals surface area contributed by atoms with Gasteiger partial charge in [0.05, 0.1) is 11.4 Å². The van der Waals surface area contributed by atoms with E-state index in [1.807, 2.05) is 72.8 Å². The summed E-state index contributed by atoms with van der Waals surface area (Å²) in [6.07, 6.45) is -0.480. The molecule has 246 valence electrons. The highest BCUT2D eigenvalue weighted by atomic mass is 15.2. The Hall–Kier alpha value is -6.98. The molecule has 7 aromatic carbocycles. The minimum absolute atomic E-state index is 0.480. The van der Waals surface area contributed by atoms with E-state index in [1.54, 1.807) is 0 Å². The minimum atomic E-state index is -0.480. The second-order valence-corrected chi connectivity index (χ2v) is 12.7. The highest BCUT2D eigenvalue weighted by Crippen LogP contribution is 2.39. The third-order valence-electron chi connectivity index (χ3n) is 9.38. The van der Waals surface area contributed by atoms with E-state index < -0.39 is 6.17 Å². The van der Waals surface area contributed by atoms with Crippen molar-refractivity contribution in [2.45, 2.75) is 6.17 Å². The van der Waals surface area contributed by atoms with Crippen LogP contribution in [0.15, 0.2) is 198 Å². The van der Waals surface area contributed by atoms with Gasteiger partial charge in [0.25, 0.3) is 0 Å². The van der Waals surface area contributed by atoms with E-state index in [-0.39, 0.29) is 0 Å². The van der Waals surface area contributed by atoms with Gasteiger partial charge in [-0.25, -0.2) is 20.0 Å². The number of benzene rings is 7. The molecule has 0 atom stereocenters. The van der Waals surface area contributed by atoms with Gasteiger partial charge in [-0.05, 0) is 28.0 Å². The highest BCUT2D eigenvalue weighted by molar-refractivity contribution is 6.16. The maximum absolute atomic E-state index is 5.27. The predicted octanol–water partition coefficient (Wildman–Crippen LogP) is 10.8. The molecule has 0 aliphatic carbocycles. The van der Waals surface area contributed by atoms with Crippen LogP contribution in [0.4, 0.5) is 0 Å². The van der Waals surface area contributed by atoms with Crippen LogP contribution in [0, 0.1) is 0 Å². The average Bonchev–Trinajstić information content (AvgIpc) is 3.24. The number of aliphatic imine (C=N–C) groups is 2. The summed E-state index contributed by atoms with van der Waals surface area (Å²) in [6, 6.07) is 64.6. The lowest BCUT2D eigenvalue weighted by Crippen LogP contribution is -2.36. The lowest BCUT2D eigenvalue weighted by atomic mass is 9.91. The van der Waals surface area contributed by atoms with E-state index >= 15 is 0 Å². The number of hydrogen-bond donors (Lipinski definition) is 1. The topological polar surface area (TPSA) is 62.5 Å². The van der Waals surface area contributed by atoms with Gasteiger partial charge < -0.3 is 5.32 Å². The Morgan fingerprint density at radius 2 is 0.846 bits per heavy atom. The monoisotopic (exact) mass is 667 g/mol. The van der Waals surface area contributed by atoms with Gasteiger partial charge in [-0.15, -0.1) is 0 Å². The fourth-order valence-corrected chi connectivity index (χ4v) is 6.78. The molecule has 1 aliphatic rings. The molecule has 0 bridgehead atoms. The molecule has 9 rings (SSSR count). The van der Waals surface area contributed by atoms with E-state index in [9.17, 15) is 0 Å². The van der Waals surface area contributed by atoms with Crippen LogP contribution in [0.3, 0.4) is 0 Å². The van der Waals surface area contributed by atoms with Crippen LogP contribution >= 0.6 is 0 Å². The van der Waals surface area contributed by atoms with Gasteiger partial charge in [0.2, 0.25) is 0 Å². The smallest absolute Gasteiger partial charge is 0.170 e. The first kappa shape index (κ1) is 31.0. The van der Waals surface area contributed by atoms with Gasteiger partial charge in [-0.3, -0.25) is 0 Å². The van der Waals surface area contributed by atoms with Gasteiger partial charge in [-0.2, -0.15) is 0 Å². The zero-order chi connectivity index (χ0) is 34.7. The molecule has 0 radical (unpaired) electrons. The maximum Gasteiger partial charge on any atom is 0.170 e. The Morgan fingerprint density at radius 3 is 1.38 bits per heavy atom. The third-order valence-corrected chi connectivity index (χ3v) is 9.38. The van der Waals surface area contributed by atoms with Gasteiger partial charge >= 0.3 is 0 Å². The molecule has 1 aliphatic heterocycles. The maximum atomic E-state index is 5.27. The molecule has 5 heteroatoms.